The Hall–Kier alpha value is -3.71. The van der Waals surface area contributed by atoms with Crippen LogP contribution in [0.4, 0.5) is 11.4 Å². The van der Waals surface area contributed by atoms with Crippen LogP contribution in [0.25, 0.3) is 10.4 Å². The predicted octanol–water partition coefficient (Wildman–Crippen LogP) is 5.67. The maximum absolute atomic E-state index is 12.1. The molecule has 0 fully saturated rings. The zero-order chi connectivity index (χ0) is 23.2. The molecule has 32 heavy (non-hydrogen) atoms. The van der Waals surface area contributed by atoms with Crippen molar-refractivity contribution in [2.24, 2.45) is 5.11 Å². The first-order valence-electron chi connectivity index (χ1n) is 10.4. The molecule has 0 saturated heterocycles. The van der Waals surface area contributed by atoms with Gasteiger partial charge >= 0.3 is 5.97 Å². The summed E-state index contributed by atoms with van der Waals surface area (Å²) in [5.74, 6) is 0.974. The molecule has 9 nitrogen and oxygen atoms in total. The molecule has 170 valence electrons. The number of carbonyl (C=O) groups excluding carboxylic acids is 2. The van der Waals surface area contributed by atoms with E-state index < -0.39 is 0 Å². The van der Waals surface area contributed by atoms with Gasteiger partial charge in [0.05, 0.1) is 14.2 Å². The molecule has 0 aliphatic heterocycles. The fraction of sp³-hybridized carbons (Fsp3) is 0.391. The summed E-state index contributed by atoms with van der Waals surface area (Å²) in [7, 11) is 2.92. The van der Waals surface area contributed by atoms with Crippen LogP contribution in [0.1, 0.15) is 44.1 Å². The Kier molecular flexibility index (Phi) is 10.4. The third kappa shape index (κ3) is 8.97. The van der Waals surface area contributed by atoms with Crippen molar-refractivity contribution >= 4 is 23.3 Å². The summed E-state index contributed by atoms with van der Waals surface area (Å²) in [5, 5.41) is 6.47. The van der Waals surface area contributed by atoms with Gasteiger partial charge in [-0.25, -0.2) is 0 Å². The number of hydrogen-bond donors (Lipinski definition) is 1. The smallest absolute Gasteiger partial charge is 0.305 e. The number of nitrogens with zero attached hydrogens (tertiary/aromatic N) is 3. The van der Waals surface area contributed by atoms with Crippen LogP contribution in [-0.2, 0) is 20.9 Å². The Labute approximate surface area is 187 Å². The maximum Gasteiger partial charge on any atom is 0.305 e. The van der Waals surface area contributed by atoms with Gasteiger partial charge in [0.25, 0.3) is 0 Å². The van der Waals surface area contributed by atoms with E-state index in [4.69, 9.17) is 15.0 Å². The van der Waals surface area contributed by atoms with Crippen molar-refractivity contribution in [2.75, 3.05) is 19.5 Å². The summed E-state index contributed by atoms with van der Waals surface area (Å²) in [5.41, 5.74) is 10.6. The first-order chi connectivity index (χ1) is 15.5. The Balaban J connectivity index is 1.75. The number of amides is 1. The van der Waals surface area contributed by atoms with Gasteiger partial charge in [0.2, 0.25) is 5.91 Å². The molecule has 0 atom stereocenters. The molecule has 2 aromatic rings. The van der Waals surface area contributed by atoms with E-state index >= 15 is 0 Å². The summed E-state index contributed by atoms with van der Waals surface area (Å²) in [4.78, 5) is 25.9. The Bertz CT molecular complexity index is 940. The van der Waals surface area contributed by atoms with E-state index in [2.05, 4.69) is 20.1 Å². The third-order valence-electron chi connectivity index (χ3n) is 4.65. The molecule has 1 N–H and O–H groups in total. The average molecular weight is 441 g/mol. The molecule has 0 heterocycles. The number of hydrogen-bond acceptors (Lipinski definition) is 6. The molecule has 9 heteroatoms. The molecule has 0 saturated carbocycles. The minimum absolute atomic E-state index is 0.0476. The second-order valence-corrected chi connectivity index (χ2v) is 7.08. The van der Waals surface area contributed by atoms with Crippen molar-refractivity contribution in [3.8, 4) is 11.5 Å². The minimum atomic E-state index is -0.198. The molecular formula is C23H28N4O5. The molecule has 0 aliphatic carbocycles. The predicted molar refractivity (Wildman–Crippen MR) is 121 cm³/mol. The molecule has 0 bridgehead atoms. The fourth-order valence-electron chi connectivity index (χ4n) is 2.99. The van der Waals surface area contributed by atoms with Gasteiger partial charge < -0.3 is 19.5 Å². The molecule has 0 spiro atoms. The second-order valence-electron chi connectivity index (χ2n) is 7.08. The van der Waals surface area contributed by atoms with Crippen molar-refractivity contribution in [3.05, 3.63) is 58.5 Å². The molecule has 0 unspecified atom stereocenters. The topological polar surface area (TPSA) is 123 Å². The van der Waals surface area contributed by atoms with Gasteiger partial charge in [-0.1, -0.05) is 18.0 Å². The first-order valence-corrected chi connectivity index (χ1v) is 10.4. The number of rotatable bonds is 13. The highest BCUT2D eigenvalue weighted by atomic mass is 16.5. The van der Waals surface area contributed by atoms with E-state index in [-0.39, 0.29) is 18.5 Å². The highest BCUT2D eigenvalue weighted by Crippen LogP contribution is 2.25. The van der Waals surface area contributed by atoms with Crippen LogP contribution in [0.3, 0.4) is 0 Å². The highest BCUT2D eigenvalue weighted by molar-refractivity contribution is 5.90. The van der Waals surface area contributed by atoms with Crippen LogP contribution in [0.5, 0.6) is 11.5 Å². The average Bonchev–Trinajstić information content (AvgIpc) is 2.80. The first kappa shape index (κ1) is 24.6. The normalized spacial score (nSPS) is 10.1. The van der Waals surface area contributed by atoms with E-state index in [0.29, 0.717) is 35.7 Å². The number of esters is 1. The number of benzene rings is 2. The van der Waals surface area contributed by atoms with Gasteiger partial charge in [-0.05, 0) is 66.4 Å². The molecule has 2 rings (SSSR count). The van der Waals surface area contributed by atoms with Crippen LogP contribution in [0.15, 0.2) is 47.6 Å². The Morgan fingerprint density at radius 1 is 0.969 bits per heavy atom. The molecule has 2 aromatic carbocycles. The molecule has 0 radical (unpaired) electrons. The lowest BCUT2D eigenvalue weighted by Gasteiger charge is -2.10. The van der Waals surface area contributed by atoms with Crippen LogP contribution in [0.2, 0.25) is 0 Å². The van der Waals surface area contributed by atoms with Gasteiger partial charge in [0.1, 0.15) is 18.1 Å². The largest absolute Gasteiger partial charge is 0.497 e. The van der Waals surface area contributed by atoms with E-state index in [1.54, 1.807) is 42.5 Å². The molecular weight excluding hydrogens is 412 g/mol. The monoisotopic (exact) mass is 440 g/mol. The zero-order valence-corrected chi connectivity index (χ0v) is 18.4. The molecule has 0 aliphatic rings. The number of ether oxygens (including phenoxy) is 3. The second kappa shape index (κ2) is 13.6. The van der Waals surface area contributed by atoms with Gasteiger partial charge in [-0.3, -0.25) is 9.59 Å². The van der Waals surface area contributed by atoms with E-state index in [0.717, 1.165) is 31.2 Å². The maximum atomic E-state index is 12.1. The lowest BCUT2D eigenvalue weighted by Crippen LogP contribution is -2.11. The van der Waals surface area contributed by atoms with E-state index in [1.807, 2.05) is 0 Å². The summed E-state index contributed by atoms with van der Waals surface area (Å²) >= 11 is 0. The molecule has 0 aromatic heterocycles. The van der Waals surface area contributed by atoms with Crippen LogP contribution in [0, 0.1) is 0 Å². The number of anilines is 1. The summed E-state index contributed by atoms with van der Waals surface area (Å²) < 4.78 is 15.6. The lowest BCUT2D eigenvalue weighted by molar-refractivity contribution is -0.140. The SMILES string of the molecule is COC(=O)CCCCCCC(=O)Nc1ccc(OCc2cc(N=[N+]=[N-])cc(OC)c2)cc1. The van der Waals surface area contributed by atoms with Crippen LogP contribution < -0.4 is 14.8 Å². The van der Waals surface area contributed by atoms with Crippen molar-refractivity contribution in [2.45, 2.75) is 45.1 Å². The van der Waals surface area contributed by atoms with Crippen molar-refractivity contribution in [1.29, 1.82) is 0 Å². The zero-order valence-electron chi connectivity index (χ0n) is 18.4. The number of unbranched alkanes of at least 4 members (excludes halogenated alkanes) is 3. The highest BCUT2D eigenvalue weighted by Gasteiger charge is 2.05. The standard InChI is InChI=1S/C23H28N4O5/c1-30-21-14-17(13-19(15-21)26-27-24)16-32-20-11-9-18(10-12-20)25-22(28)7-5-3-4-6-8-23(29)31-2/h9-15H,3-8,16H2,1-2H3,(H,25,28). The van der Waals surface area contributed by atoms with Gasteiger partial charge in [-0.15, -0.1) is 0 Å². The van der Waals surface area contributed by atoms with Crippen molar-refractivity contribution < 1.29 is 23.8 Å². The number of azide groups is 1. The van der Waals surface area contributed by atoms with Gasteiger partial charge in [-0.2, -0.15) is 0 Å². The number of carbonyl (C=O) groups is 2. The van der Waals surface area contributed by atoms with Crippen molar-refractivity contribution in [1.82, 2.24) is 0 Å². The summed E-state index contributed by atoms with van der Waals surface area (Å²) in [6.45, 7) is 0.271. The minimum Gasteiger partial charge on any atom is -0.497 e. The fourth-order valence-corrected chi connectivity index (χ4v) is 2.99. The van der Waals surface area contributed by atoms with Crippen LogP contribution >= 0.6 is 0 Å². The van der Waals surface area contributed by atoms with E-state index in [9.17, 15) is 9.59 Å². The van der Waals surface area contributed by atoms with Crippen LogP contribution in [-0.4, -0.2) is 26.1 Å². The quantitative estimate of drug-likeness (QED) is 0.141. The number of methoxy groups -OCH3 is 2. The van der Waals surface area contributed by atoms with Gasteiger partial charge in [0, 0.05) is 29.1 Å². The Morgan fingerprint density at radius 3 is 2.34 bits per heavy atom. The summed E-state index contributed by atoms with van der Waals surface area (Å²) in [6, 6.07) is 12.3. The Morgan fingerprint density at radius 2 is 1.69 bits per heavy atom. The number of nitrogens with one attached hydrogen (secondary N) is 1. The lowest BCUT2D eigenvalue weighted by atomic mass is 10.1. The van der Waals surface area contributed by atoms with Crippen molar-refractivity contribution in [3.63, 3.8) is 0 Å². The van der Waals surface area contributed by atoms with E-state index in [1.165, 1.54) is 14.2 Å². The molecule has 1 amide bonds. The summed E-state index contributed by atoms with van der Waals surface area (Å²) in [6.07, 6.45) is 4.18. The third-order valence-corrected chi connectivity index (χ3v) is 4.65. The van der Waals surface area contributed by atoms with Gasteiger partial charge in [0.15, 0.2) is 0 Å².